The van der Waals surface area contributed by atoms with Gasteiger partial charge in [0.1, 0.15) is 0 Å². The number of aromatic amines is 1. The first-order chi connectivity index (χ1) is 14.0. The minimum atomic E-state index is -0.295. The van der Waals surface area contributed by atoms with Gasteiger partial charge in [0.15, 0.2) is 5.16 Å². The molecule has 0 bridgehead atoms. The Morgan fingerprint density at radius 2 is 1.90 bits per heavy atom. The zero-order valence-electron chi connectivity index (χ0n) is 15.5. The van der Waals surface area contributed by atoms with E-state index in [9.17, 15) is 9.59 Å². The van der Waals surface area contributed by atoms with Crippen LogP contribution in [0.3, 0.4) is 0 Å². The highest BCUT2D eigenvalue weighted by Crippen LogP contribution is 2.26. The van der Waals surface area contributed by atoms with E-state index in [1.165, 1.54) is 17.8 Å². The Morgan fingerprint density at radius 3 is 2.66 bits per heavy atom. The molecule has 0 aliphatic rings. The minimum absolute atomic E-state index is 0.0496. The summed E-state index contributed by atoms with van der Waals surface area (Å²) in [6.45, 7) is 0.530. The Balaban J connectivity index is 1.55. The number of nitrogens with zero attached hydrogens (tertiary/aromatic N) is 1. The van der Waals surface area contributed by atoms with E-state index in [4.69, 9.17) is 23.2 Å². The first kappa shape index (κ1) is 21.4. The Bertz CT molecular complexity index is 1040. The molecule has 0 aliphatic carbocycles. The van der Waals surface area contributed by atoms with E-state index in [0.717, 1.165) is 17.5 Å². The van der Waals surface area contributed by atoms with Gasteiger partial charge in [0, 0.05) is 28.4 Å². The average Bonchev–Trinajstić information content (AvgIpc) is 2.68. The predicted molar refractivity (Wildman–Crippen MR) is 118 cm³/mol. The molecule has 0 saturated carbocycles. The lowest BCUT2D eigenvalue weighted by Crippen LogP contribution is -2.28. The summed E-state index contributed by atoms with van der Waals surface area (Å²) in [6.07, 6.45) is 0.798. The Hall–Kier alpha value is -2.28. The predicted octanol–water partition coefficient (Wildman–Crippen LogP) is 4.27. The zero-order chi connectivity index (χ0) is 20.6. The molecule has 0 atom stereocenters. The van der Waals surface area contributed by atoms with Crippen LogP contribution in [0.5, 0.6) is 0 Å². The van der Waals surface area contributed by atoms with Crippen LogP contribution >= 0.6 is 35.0 Å². The van der Waals surface area contributed by atoms with Gasteiger partial charge in [-0.25, -0.2) is 4.98 Å². The molecule has 0 spiro atoms. The fourth-order valence-electron chi connectivity index (χ4n) is 2.65. The second-order valence-electron chi connectivity index (χ2n) is 6.33. The van der Waals surface area contributed by atoms with Crippen LogP contribution in [0, 0.1) is 0 Å². The molecule has 1 amide bonds. The molecule has 0 aliphatic heterocycles. The molecule has 150 valence electrons. The number of aromatic nitrogens is 2. The Kier molecular flexibility index (Phi) is 7.75. The van der Waals surface area contributed by atoms with Crippen LogP contribution < -0.4 is 10.9 Å². The molecule has 0 fully saturated rings. The third kappa shape index (κ3) is 6.92. The van der Waals surface area contributed by atoms with Crippen molar-refractivity contribution < 1.29 is 4.79 Å². The molecule has 2 aromatic carbocycles. The summed E-state index contributed by atoms with van der Waals surface area (Å²) in [7, 11) is 0. The molecular weight excluding hydrogens is 429 g/mol. The standard InChI is InChI=1S/C21H19Cl2N3O2S/c22-16-7-6-15(18(23)10-16)13-29-21-25-17(12-20(28)26-21)11-19(27)24-9-8-14-4-2-1-3-5-14/h1-7,10,12H,8-9,11,13H2,(H,24,27)(H,25,26,28). The molecule has 0 saturated heterocycles. The van der Waals surface area contributed by atoms with Gasteiger partial charge in [-0.3, -0.25) is 9.59 Å². The number of nitrogens with one attached hydrogen (secondary N) is 2. The highest BCUT2D eigenvalue weighted by molar-refractivity contribution is 7.98. The molecule has 2 N–H and O–H groups in total. The SMILES string of the molecule is O=C(Cc1cc(=O)[nH]c(SCc2ccc(Cl)cc2Cl)n1)NCCc1ccccc1. The van der Waals surface area contributed by atoms with E-state index in [2.05, 4.69) is 15.3 Å². The maximum atomic E-state index is 12.2. The minimum Gasteiger partial charge on any atom is -0.355 e. The van der Waals surface area contributed by atoms with Crippen LogP contribution in [0.1, 0.15) is 16.8 Å². The normalized spacial score (nSPS) is 10.7. The van der Waals surface area contributed by atoms with Crippen molar-refractivity contribution in [3.8, 4) is 0 Å². The van der Waals surface area contributed by atoms with Gasteiger partial charge < -0.3 is 10.3 Å². The van der Waals surface area contributed by atoms with Gasteiger partial charge >= 0.3 is 0 Å². The third-order valence-electron chi connectivity index (χ3n) is 4.07. The largest absolute Gasteiger partial charge is 0.355 e. The van der Waals surface area contributed by atoms with Crippen LogP contribution in [0.4, 0.5) is 0 Å². The van der Waals surface area contributed by atoms with Crippen LogP contribution in [0.15, 0.2) is 64.5 Å². The van der Waals surface area contributed by atoms with Crippen LogP contribution in [0.2, 0.25) is 10.0 Å². The van der Waals surface area contributed by atoms with Crippen molar-refractivity contribution in [1.82, 2.24) is 15.3 Å². The molecule has 0 unspecified atom stereocenters. The summed E-state index contributed by atoms with van der Waals surface area (Å²) in [4.78, 5) is 31.2. The second-order valence-corrected chi connectivity index (χ2v) is 8.14. The lowest BCUT2D eigenvalue weighted by molar-refractivity contribution is -0.120. The Morgan fingerprint density at radius 1 is 1.10 bits per heavy atom. The van der Waals surface area contributed by atoms with Gasteiger partial charge in [0.05, 0.1) is 12.1 Å². The van der Waals surface area contributed by atoms with Crippen molar-refractivity contribution in [2.45, 2.75) is 23.8 Å². The first-order valence-corrected chi connectivity index (χ1v) is 10.7. The number of carbonyl (C=O) groups is 1. The van der Waals surface area contributed by atoms with E-state index in [1.54, 1.807) is 12.1 Å². The number of halogens is 2. The number of hydrogen-bond donors (Lipinski definition) is 2. The maximum absolute atomic E-state index is 12.2. The van der Waals surface area contributed by atoms with Crippen LogP contribution in [-0.2, 0) is 23.4 Å². The van der Waals surface area contributed by atoms with Crippen molar-refractivity contribution in [3.05, 3.63) is 91.8 Å². The molecular formula is C21H19Cl2N3O2S. The Labute approximate surface area is 182 Å². The van der Waals surface area contributed by atoms with E-state index in [-0.39, 0.29) is 17.9 Å². The zero-order valence-corrected chi connectivity index (χ0v) is 17.8. The molecule has 8 heteroatoms. The lowest BCUT2D eigenvalue weighted by atomic mass is 10.1. The number of carbonyl (C=O) groups excluding carboxylic acids is 1. The maximum Gasteiger partial charge on any atom is 0.251 e. The molecule has 3 rings (SSSR count). The van der Waals surface area contributed by atoms with Crippen molar-refractivity contribution in [2.24, 2.45) is 0 Å². The van der Waals surface area contributed by atoms with Crippen molar-refractivity contribution in [2.75, 3.05) is 6.54 Å². The summed E-state index contributed by atoms with van der Waals surface area (Å²) in [5, 5.41) is 4.42. The number of hydrogen-bond acceptors (Lipinski definition) is 4. The van der Waals surface area contributed by atoms with Gasteiger partial charge in [-0.2, -0.15) is 0 Å². The molecule has 29 heavy (non-hydrogen) atoms. The molecule has 0 radical (unpaired) electrons. The first-order valence-electron chi connectivity index (χ1n) is 8.97. The molecule has 1 aromatic heterocycles. The fourth-order valence-corrected chi connectivity index (χ4v) is 4.10. The van der Waals surface area contributed by atoms with Gasteiger partial charge in [-0.15, -0.1) is 0 Å². The number of benzene rings is 2. The van der Waals surface area contributed by atoms with Crippen LogP contribution in [0.25, 0.3) is 0 Å². The lowest BCUT2D eigenvalue weighted by Gasteiger charge is -2.07. The summed E-state index contributed by atoms with van der Waals surface area (Å²) < 4.78 is 0. The summed E-state index contributed by atoms with van der Waals surface area (Å²) in [5.41, 5.74) is 2.17. The second kappa shape index (κ2) is 10.5. The van der Waals surface area contributed by atoms with Gasteiger partial charge in [0.25, 0.3) is 5.56 Å². The summed E-state index contributed by atoms with van der Waals surface area (Å²) in [6, 6.07) is 16.5. The average molecular weight is 448 g/mol. The molecule has 1 heterocycles. The van der Waals surface area contributed by atoms with Gasteiger partial charge in [0.2, 0.25) is 5.91 Å². The van der Waals surface area contributed by atoms with Gasteiger partial charge in [-0.05, 0) is 29.7 Å². The smallest absolute Gasteiger partial charge is 0.251 e. The van der Waals surface area contributed by atoms with Gasteiger partial charge in [-0.1, -0.05) is 71.4 Å². The highest BCUT2D eigenvalue weighted by Gasteiger charge is 2.09. The fraction of sp³-hybridized carbons (Fsp3) is 0.190. The molecule has 3 aromatic rings. The topological polar surface area (TPSA) is 74.8 Å². The number of amides is 1. The van der Waals surface area contributed by atoms with Crippen molar-refractivity contribution in [1.29, 1.82) is 0 Å². The van der Waals surface area contributed by atoms with Crippen molar-refractivity contribution in [3.63, 3.8) is 0 Å². The van der Waals surface area contributed by atoms with E-state index < -0.39 is 0 Å². The van der Waals surface area contributed by atoms with E-state index >= 15 is 0 Å². The van der Waals surface area contributed by atoms with E-state index in [0.29, 0.717) is 33.2 Å². The van der Waals surface area contributed by atoms with E-state index in [1.807, 2.05) is 36.4 Å². The molecule has 5 nitrogen and oxygen atoms in total. The summed E-state index contributed by atoms with van der Waals surface area (Å²) >= 11 is 13.4. The monoisotopic (exact) mass is 447 g/mol. The number of rotatable bonds is 8. The highest BCUT2D eigenvalue weighted by atomic mass is 35.5. The third-order valence-corrected chi connectivity index (χ3v) is 5.58. The van der Waals surface area contributed by atoms with Crippen LogP contribution in [-0.4, -0.2) is 22.4 Å². The number of thioether (sulfide) groups is 1. The van der Waals surface area contributed by atoms with Crippen molar-refractivity contribution >= 4 is 40.9 Å². The summed E-state index contributed by atoms with van der Waals surface area (Å²) in [5.74, 6) is 0.349. The quantitative estimate of drug-likeness (QED) is 0.399. The number of H-pyrrole nitrogens is 1.